The number of rotatable bonds is 11. The summed E-state index contributed by atoms with van der Waals surface area (Å²) in [5.41, 5.74) is 1.46. The van der Waals surface area contributed by atoms with Gasteiger partial charge in [0.05, 0.1) is 11.4 Å². The molecule has 1 aliphatic heterocycles. The van der Waals surface area contributed by atoms with E-state index in [2.05, 4.69) is 42.7 Å². The van der Waals surface area contributed by atoms with Gasteiger partial charge in [0.1, 0.15) is 11.6 Å². The summed E-state index contributed by atoms with van der Waals surface area (Å²) in [4.78, 5) is 46.8. The summed E-state index contributed by atoms with van der Waals surface area (Å²) >= 11 is 6.12. The van der Waals surface area contributed by atoms with Crippen LogP contribution in [0.3, 0.4) is 0 Å². The number of benzene rings is 1. The maximum atomic E-state index is 14.7. The van der Waals surface area contributed by atoms with Gasteiger partial charge in [-0.05, 0) is 50.2 Å². The van der Waals surface area contributed by atoms with Gasteiger partial charge in [0.15, 0.2) is 17.9 Å². The largest absolute Gasteiger partial charge is 0.356 e. The van der Waals surface area contributed by atoms with Crippen LogP contribution in [0.15, 0.2) is 42.6 Å². The number of likely N-dealkylation sites (N-methyl/N-ethyl adjacent to an activating group) is 1. The van der Waals surface area contributed by atoms with Crippen LogP contribution >= 0.6 is 11.6 Å². The number of nitrogens with zero attached hydrogens (tertiary/aromatic N) is 6. The third-order valence-corrected chi connectivity index (χ3v) is 8.55. The van der Waals surface area contributed by atoms with E-state index in [0.717, 1.165) is 39.0 Å². The van der Waals surface area contributed by atoms with Gasteiger partial charge in [-0.3, -0.25) is 19.3 Å². The van der Waals surface area contributed by atoms with Gasteiger partial charge in [-0.25, -0.2) is 9.37 Å². The molecule has 44 heavy (non-hydrogen) atoms. The molecule has 3 heterocycles. The average Bonchev–Trinajstić information content (AvgIpc) is 2.98. The fourth-order valence-corrected chi connectivity index (χ4v) is 5.71. The molecule has 2 aromatic heterocycles. The van der Waals surface area contributed by atoms with E-state index >= 15 is 0 Å². The summed E-state index contributed by atoms with van der Waals surface area (Å²) < 4.78 is 14.7. The molecular weight excluding hydrogens is 587 g/mol. The Bertz CT molecular complexity index is 1530. The number of nitrogens with one attached hydrogen (secondary N) is 2. The third kappa shape index (κ3) is 7.37. The number of Topliss-reactive ketones (excluding diaryl/α,β-unsaturated/α-hetero) is 1. The van der Waals surface area contributed by atoms with Crippen molar-refractivity contribution in [3.8, 4) is 11.3 Å². The molecule has 0 spiro atoms. The molecule has 5 rings (SSSR count). The molecule has 13 heteroatoms. The molecule has 3 aromatic rings. The first-order chi connectivity index (χ1) is 21.1. The first-order valence-electron chi connectivity index (χ1n) is 14.6. The Morgan fingerprint density at radius 2 is 1.89 bits per heavy atom. The maximum absolute atomic E-state index is 14.7. The van der Waals surface area contributed by atoms with Crippen LogP contribution in [0.2, 0.25) is 5.02 Å². The van der Waals surface area contributed by atoms with E-state index in [-0.39, 0.29) is 29.6 Å². The molecule has 2 aliphatic rings. The number of pyridine rings is 1. The van der Waals surface area contributed by atoms with Crippen molar-refractivity contribution in [2.75, 3.05) is 62.4 Å². The summed E-state index contributed by atoms with van der Waals surface area (Å²) in [7, 11) is 3.85. The number of carbonyl (C=O) groups excluding carboxylic acids is 3. The van der Waals surface area contributed by atoms with Crippen molar-refractivity contribution < 1.29 is 18.8 Å². The number of aromatic nitrogens is 3. The summed E-state index contributed by atoms with van der Waals surface area (Å²) in [5.74, 6) is -0.983. The highest BCUT2D eigenvalue weighted by atomic mass is 35.5. The minimum absolute atomic E-state index is 0.0569. The molecular formula is C31H36ClFN8O3. The van der Waals surface area contributed by atoms with Crippen LogP contribution in [0, 0.1) is 17.7 Å². The molecule has 1 aliphatic carbocycles. The molecule has 2 N–H and O–H groups in total. The number of hydrogen-bond donors (Lipinski definition) is 2. The Hall–Kier alpha value is -4.00. The Kier molecular flexibility index (Phi) is 9.82. The predicted octanol–water partition coefficient (Wildman–Crippen LogP) is 3.88. The molecule has 1 saturated carbocycles. The van der Waals surface area contributed by atoms with Crippen molar-refractivity contribution in [2.45, 2.75) is 25.8 Å². The van der Waals surface area contributed by atoms with E-state index < -0.39 is 17.5 Å². The second-order valence-corrected chi connectivity index (χ2v) is 12.0. The maximum Gasteiger partial charge on any atom is 0.228 e. The van der Waals surface area contributed by atoms with Crippen molar-refractivity contribution >= 4 is 52.6 Å². The molecule has 2 fully saturated rings. The molecule has 1 aromatic carbocycles. The smallest absolute Gasteiger partial charge is 0.228 e. The summed E-state index contributed by atoms with van der Waals surface area (Å²) in [6.45, 7) is 6.00. The number of amides is 1. The second kappa shape index (κ2) is 13.7. The van der Waals surface area contributed by atoms with E-state index in [0.29, 0.717) is 40.4 Å². The normalized spacial score (nSPS) is 19.5. The molecule has 1 atom stereocenters. The van der Waals surface area contributed by atoms with Gasteiger partial charge in [-0.15, -0.1) is 10.2 Å². The number of carbonyl (C=O) groups is 3. The highest BCUT2D eigenvalue weighted by molar-refractivity contribution is 6.30. The SMILES string of the molecule is CC(CN(C)c1nnc(-c2cc(Cl)ccc2F)cc1Nc1ccnc(NC(=O)C2CC(N3CCN(C)CC3)C2)c1)C(=O)C=O. The first kappa shape index (κ1) is 31.4. The fourth-order valence-electron chi connectivity index (χ4n) is 5.54. The van der Waals surface area contributed by atoms with Gasteiger partial charge in [0, 0.05) is 86.2 Å². The third-order valence-electron chi connectivity index (χ3n) is 8.32. The van der Waals surface area contributed by atoms with Gasteiger partial charge in [0.2, 0.25) is 5.91 Å². The number of anilines is 4. The van der Waals surface area contributed by atoms with Crippen LogP contribution < -0.4 is 15.5 Å². The van der Waals surface area contributed by atoms with Gasteiger partial charge in [0.25, 0.3) is 0 Å². The van der Waals surface area contributed by atoms with E-state index in [1.165, 1.54) is 18.2 Å². The van der Waals surface area contributed by atoms with E-state index in [1.807, 2.05) is 0 Å². The zero-order chi connectivity index (χ0) is 31.4. The molecule has 232 valence electrons. The van der Waals surface area contributed by atoms with E-state index in [1.54, 1.807) is 43.3 Å². The average molecular weight is 623 g/mol. The Labute approximate surface area is 260 Å². The predicted molar refractivity (Wildman–Crippen MR) is 168 cm³/mol. The van der Waals surface area contributed by atoms with Crippen molar-refractivity contribution in [2.24, 2.45) is 11.8 Å². The highest BCUT2D eigenvalue weighted by Crippen LogP contribution is 2.35. The first-order valence-corrected chi connectivity index (χ1v) is 15.0. The molecule has 0 radical (unpaired) electrons. The molecule has 0 bridgehead atoms. The number of aldehydes is 1. The molecule has 1 amide bonds. The number of hydrogen-bond acceptors (Lipinski definition) is 10. The van der Waals surface area contributed by atoms with Crippen molar-refractivity contribution in [1.29, 1.82) is 0 Å². The summed E-state index contributed by atoms with van der Waals surface area (Å²) in [6, 6.07) is 9.68. The topological polar surface area (TPSA) is 124 Å². The number of halogens is 2. The zero-order valence-corrected chi connectivity index (χ0v) is 25.7. The standard InChI is InChI=1S/C31H36ClFN8O3/c1-19(28(43)18-42)17-40(3)30-27(16-26(37-38-30)24-14-21(32)4-5-25(24)33)35-22-6-7-34-29(15-22)36-31(44)20-12-23(13-20)41-10-8-39(2)9-11-41/h4-7,14-16,18-20,23H,8-13,17H2,1-3H3,(H2,34,35,36,37,44). The monoisotopic (exact) mass is 622 g/mol. The van der Waals surface area contributed by atoms with Crippen LogP contribution in [-0.2, 0) is 14.4 Å². The number of piperazine rings is 1. The lowest BCUT2D eigenvalue weighted by molar-refractivity contribution is -0.132. The lowest BCUT2D eigenvalue weighted by Crippen LogP contribution is -2.54. The zero-order valence-electron chi connectivity index (χ0n) is 25.0. The Balaban J connectivity index is 1.32. The van der Waals surface area contributed by atoms with Crippen LogP contribution in [0.4, 0.5) is 27.4 Å². The summed E-state index contributed by atoms with van der Waals surface area (Å²) in [6.07, 6.45) is 3.54. The van der Waals surface area contributed by atoms with Crippen molar-refractivity contribution in [1.82, 2.24) is 25.0 Å². The Morgan fingerprint density at radius 3 is 2.61 bits per heavy atom. The van der Waals surface area contributed by atoms with Crippen LogP contribution in [-0.4, -0.2) is 95.8 Å². The van der Waals surface area contributed by atoms with Gasteiger partial charge in [-0.1, -0.05) is 18.5 Å². The minimum Gasteiger partial charge on any atom is -0.356 e. The quantitative estimate of drug-likeness (QED) is 0.241. The van der Waals surface area contributed by atoms with Gasteiger partial charge >= 0.3 is 0 Å². The second-order valence-electron chi connectivity index (χ2n) is 11.6. The Morgan fingerprint density at radius 1 is 1.14 bits per heavy atom. The molecule has 11 nitrogen and oxygen atoms in total. The minimum atomic E-state index is -0.581. The van der Waals surface area contributed by atoms with E-state index in [9.17, 15) is 18.8 Å². The van der Waals surface area contributed by atoms with Gasteiger partial charge in [-0.2, -0.15) is 0 Å². The van der Waals surface area contributed by atoms with Crippen LogP contribution in [0.5, 0.6) is 0 Å². The fraction of sp³-hybridized carbons (Fsp3) is 0.419. The van der Waals surface area contributed by atoms with Crippen molar-refractivity contribution in [3.63, 3.8) is 0 Å². The molecule has 1 unspecified atom stereocenters. The lowest BCUT2D eigenvalue weighted by Gasteiger charge is -2.45. The van der Waals surface area contributed by atoms with Gasteiger partial charge < -0.3 is 20.4 Å². The van der Waals surface area contributed by atoms with Crippen LogP contribution in [0.25, 0.3) is 11.3 Å². The lowest BCUT2D eigenvalue weighted by atomic mass is 9.78. The number of ketones is 1. The van der Waals surface area contributed by atoms with Crippen molar-refractivity contribution in [3.05, 3.63) is 53.4 Å². The van der Waals surface area contributed by atoms with E-state index in [4.69, 9.17) is 11.6 Å². The molecule has 1 saturated heterocycles. The highest BCUT2D eigenvalue weighted by Gasteiger charge is 2.38. The summed E-state index contributed by atoms with van der Waals surface area (Å²) in [5, 5.41) is 15.1. The van der Waals surface area contributed by atoms with Crippen LogP contribution in [0.1, 0.15) is 19.8 Å².